The van der Waals surface area contributed by atoms with Gasteiger partial charge in [0.05, 0.1) is 33.9 Å². The van der Waals surface area contributed by atoms with Crippen LogP contribution in [0.15, 0.2) is 80.8 Å². The third-order valence-electron chi connectivity index (χ3n) is 6.40. The predicted molar refractivity (Wildman–Crippen MR) is 158 cm³/mol. The molecule has 0 spiro atoms. The van der Waals surface area contributed by atoms with Crippen LogP contribution in [0.5, 0.6) is 0 Å². The zero-order valence-electron chi connectivity index (χ0n) is 21.9. The molecule has 2 aromatic carbocycles. The molecule has 0 aliphatic carbocycles. The van der Waals surface area contributed by atoms with Crippen LogP contribution in [0.1, 0.15) is 38.3 Å². The molecule has 1 aliphatic heterocycles. The van der Waals surface area contributed by atoms with Crippen LogP contribution in [0.2, 0.25) is 0 Å². The van der Waals surface area contributed by atoms with E-state index in [1.54, 1.807) is 36.4 Å². The number of Topliss-reactive ketones (excluding diaryl/α,β-unsaturated/α-hetero) is 1. The Morgan fingerprint density at radius 1 is 1.05 bits per heavy atom. The van der Waals surface area contributed by atoms with E-state index in [1.807, 2.05) is 12.1 Å². The second kappa shape index (κ2) is 12.3. The maximum Gasteiger partial charge on any atom is 0.338 e. The molecule has 0 radical (unpaired) electrons. The third kappa shape index (κ3) is 5.90. The van der Waals surface area contributed by atoms with Gasteiger partial charge in [-0.15, -0.1) is 0 Å². The van der Waals surface area contributed by atoms with Crippen molar-refractivity contribution < 1.29 is 28.3 Å². The summed E-state index contributed by atoms with van der Waals surface area (Å²) in [5, 5.41) is 18.7. The number of benzene rings is 2. The summed E-state index contributed by atoms with van der Waals surface area (Å²) in [4.78, 5) is 56.2. The number of nitriles is 2. The number of hydrogen-bond acceptors (Lipinski definition) is 11. The number of imide groups is 1. The quantitative estimate of drug-likeness (QED) is 0.155. The molecular weight excluding hydrogens is 638 g/mol. The van der Waals surface area contributed by atoms with Gasteiger partial charge in [0.15, 0.2) is 12.4 Å². The van der Waals surface area contributed by atoms with Crippen molar-refractivity contribution >= 4 is 62.8 Å². The van der Waals surface area contributed by atoms with E-state index in [0.717, 1.165) is 21.1 Å². The van der Waals surface area contributed by atoms with Gasteiger partial charge in [0.2, 0.25) is 11.8 Å². The first kappa shape index (κ1) is 29.3. The van der Waals surface area contributed by atoms with E-state index in [-0.39, 0.29) is 56.7 Å². The van der Waals surface area contributed by atoms with Crippen molar-refractivity contribution in [3.05, 3.63) is 93.7 Å². The van der Waals surface area contributed by atoms with E-state index >= 15 is 0 Å². The van der Waals surface area contributed by atoms with Gasteiger partial charge in [0.25, 0.3) is 0 Å². The van der Waals surface area contributed by atoms with Crippen molar-refractivity contribution in [2.24, 2.45) is 0 Å². The van der Waals surface area contributed by atoms with Crippen LogP contribution in [-0.2, 0) is 14.3 Å². The van der Waals surface area contributed by atoms with Crippen LogP contribution in [0.3, 0.4) is 0 Å². The monoisotopic (exact) mass is 655 g/mol. The maximum atomic E-state index is 13.3. The Labute approximate surface area is 257 Å². The van der Waals surface area contributed by atoms with Crippen molar-refractivity contribution in [3.8, 4) is 23.5 Å². The zero-order valence-corrected chi connectivity index (χ0v) is 24.3. The SMILES string of the molecule is N#Cc1c(N)nc(SC2CC(=O)N(c3ccc(C(=O)OCC(=O)c4ccc(Br)cc4)cc3)C2=O)c(C#N)c1-c1ccco1. The molecule has 0 saturated carbocycles. The number of nitrogen functional groups attached to an aromatic ring is 1. The highest BCUT2D eigenvalue weighted by molar-refractivity contribution is 9.10. The van der Waals surface area contributed by atoms with Crippen LogP contribution >= 0.6 is 27.7 Å². The molecule has 2 amide bonds. The van der Waals surface area contributed by atoms with Gasteiger partial charge in [0.1, 0.15) is 34.3 Å². The average Bonchev–Trinajstić information content (AvgIpc) is 3.63. The molecule has 1 unspecified atom stereocenters. The van der Waals surface area contributed by atoms with Gasteiger partial charge in [-0.1, -0.05) is 39.8 Å². The van der Waals surface area contributed by atoms with Gasteiger partial charge in [0, 0.05) is 16.5 Å². The zero-order chi connectivity index (χ0) is 30.7. The van der Waals surface area contributed by atoms with Crippen molar-refractivity contribution in [2.45, 2.75) is 16.7 Å². The van der Waals surface area contributed by atoms with Gasteiger partial charge >= 0.3 is 5.97 Å². The minimum atomic E-state index is -0.932. The minimum Gasteiger partial charge on any atom is -0.464 e. The summed E-state index contributed by atoms with van der Waals surface area (Å²) in [5.41, 5.74) is 6.86. The lowest BCUT2D eigenvalue weighted by molar-refractivity contribution is -0.121. The Bertz CT molecular complexity index is 1840. The van der Waals surface area contributed by atoms with E-state index in [2.05, 4.69) is 20.9 Å². The summed E-state index contributed by atoms with van der Waals surface area (Å²) in [6, 6.07) is 19.3. The van der Waals surface area contributed by atoms with Crippen LogP contribution in [0, 0.1) is 22.7 Å². The Hall–Kier alpha value is -5.24. The molecule has 11 nitrogen and oxygen atoms in total. The topological polar surface area (TPSA) is 180 Å². The first-order chi connectivity index (χ1) is 20.7. The molecule has 5 rings (SSSR count). The molecule has 212 valence electrons. The highest BCUT2D eigenvalue weighted by Gasteiger charge is 2.41. The maximum absolute atomic E-state index is 13.3. The number of furan rings is 1. The molecule has 43 heavy (non-hydrogen) atoms. The Morgan fingerprint density at radius 2 is 1.72 bits per heavy atom. The second-order valence-electron chi connectivity index (χ2n) is 9.06. The van der Waals surface area contributed by atoms with E-state index in [0.29, 0.717) is 5.56 Å². The number of nitrogens with two attached hydrogens (primary N) is 1. The van der Waals surface area contributed by atoms with E-state index < -0.39 is 29.6 Å². The molecule has 1 fully saturated rings. The van der Waals surface area contributed by atoms with Crippen LogP contribution in [-0.4, -0.2) is 40.4 Å². The lowest BCUT2D eigenvalue weighted by Gasteiger charge is -2.16. The number of thioether (sulfide) groups is 1. The molecule has 2 aromatic heterocycles. The van der Waals surface area contributed by atoms with Gasteiger partial charge in [-0.2, -0.15) is 10.5 Å². The molecule has 13 heteroatoms. The summed E-state index contributed by atoms with van der Waals surface area (Å²) in [6.07, 6.45) is 1.20. The average molecular weight is 656 g/mol. The van der Waals surface area contributed by atoms with Crippen LogP contribution in [0.25, 0.3) is 11.3 Å². The fourth-order valence-corrected chi connectivity index (χ4v) is 5.72. The van der Waals surface area contributed by atoms with E-state index in [9.17, 15) is 29.7 Å². The first-order valence-corrected chi connectivity index (χ1v) is 14.2. The summed E-state index contributed by atoms with van der Waals surface area (Å²) in [6.45, 7) is -0.454. The molecule has 2 N–H and O–H groups in total. The largest absolute Gasteiger partial charge is 0.464 e. The van der Waals surface area contributed by atoms with Crippen molar-refractivity contribution in [2.75, 3.05) is 17.2 Å². The molecule has 0 bridgehead atoms. The fourth-order valence-electron chi connectivity index (χ4n) is 4.33. The van der Waals surface area contributed by atoms with E-state index in [1.165, 1.54) is 30.5 Å². The summed E-state index contributed by atoms with van der Waals surface area (Å²) < 4.78 is 11.3. The van der Waals surface area contributed by atoms with Gasteiger partial charge in [-0.3, -0.25) is 14.4 Å². The fraction of sp³-hybridized carbons (Fsp3) is 0.100. The molecule has 1 atom stereocenters. The highest BCUT2D eigenvalue weighted by Crippen LogP contribution is 2.40. The Balaban J connectivity index is 1.30. The van der Waals surface area contributed by atoms with Crippen molar-refractivity contribution in [1.82, 2.24) is 4.98 Å². The lowest BCUT2D eigenvalue weighted by atomic mass is 10.0. The molecule has 1 saturated heterocycles. The number of halogens is 1. The number of ether oxygens (including phenoxy) is 1. The van der Waals surface area contributed by atoms with Gasteiger partial charge < -0.3 is 14.9 Å². The number of nitrogens with zero attached hydrogens (tertiary/aromatic N) is 4. The molecule has 1 aliphatic rings. The second-order valence-corrected chi connectivity index (χ2v) is 11.2. The van der Waals surface area contributed by atoms with Crippen LogP contribution < -0.4 is 10.6 Å². The smallest absolute Gasteiger partial charge is 0.338 e. The molecule has 3 heterocycles. The number of pyridine rings is 1. The minimum absolute atomic E-state index is 0.00844. The number of hydrogen-bond donors (Lipinski definition) is 1. The van der Waals surface area contributed by atoms with Crippen molar-refractivity contribution in [1.29, 1.82) is 10.5 Å². The number of amides is 2. The van der Waals surface area contributed by atoms with Gasteiger partial charge in [-0.05, 0) is 48.5 Å². The number of rotatable bonds is 8. The predicted octanol–water partition coefficient (Wildman–Crippen LogP) is 4.89. The van der Waals surface area contributed by atoms with E-state index in [4.69, 9.17) is 14.9 Å². The number of anilines is 2. The summed E-state index contributed by atoms with van der Waals surface area (Å²) in [7, 11) is 0. The highest BCUT2D eigenvalue weighted by atomic mass is 79.9. The summed E-state index contributed by atoms with van der Waals surface area (Å²) in [5.74, 6) is -2.09. The third-order valence-corrected chi connectivity index (χ3v) is 8.10. The summed E-state index contributed by atoms with van der Waals surface area (Å²) >= 11 is 4.18. The Kier molecular flexibility index (Phi) is 8.39. The number of esters is 1. The normalized spacial score (nSPS) is 14.3. The van der Waals surface area contributed by atoms with Crippen LogP contribution in [0.4, 0.5) is 11.5 Å². The first-order valence-electron chi connectivity index (χ1n) is 12.5. The number of carbonyl (C=O) groups excluding carboxylic acids is 4. The molecule has 4 aromatic rings. The number of carbonyl (C=O) groups is 4. The molecular formula is C30H18BrN5O6S. The number of aromatic nitrogens is 1. The van der Waals surface area contributed by atoms with Crippen molar-refractivity contribution in [3.63, 3.8) is 0 Å². The Morgan fingerprint density at radius 3 is 2.35 bits per heavy atom. The standard InChI is InChI=1S/C30H18BrN5O6S/c31-18-7-3-16(4-8-18)22(37)15-42-30(40)17-5-9-19(10-6-17)36-25(38)12-24(29(36)39)43-28-21(14-33)26(23-2-1-11-41-23)20(13-32)27(34)35-28/h1-11,24H,12,15H2,(H2,34,35). The number of ketones is 1. The lowest BCUT2D eigenvalue weighted by Crippen LogP contribution is -2.31. The van der Waals surface area contributed by atoms with Gasteiger partial charge in [-0.25, -0.2) is 14.7 Å².